The van der Waals surface area contributed by atoms with Crippen LogP contribution in [0.25, 0.3) is 11.3 Å². The van der Waals surface area contributed by atoms with E-state index >= 15 is 0 Å². The summed E-state index contributed by atoms with van der Waals surface area (Å²) in [5.41, 5.74) is 7.72. The molecular weight excluding hydrogens is 332 g/mol. The SMILES string of the molecule is CCOC(=O)CC(=O)NNc1ncc(-c2ccccc2)nc1CC(C)C. The van der Waals surface area contributed by atoms with Crippen LogP contribution >= 0.6 is 0 Å². The number of hydrogen-bond acceptors (Lipinski definition) is 6. The van der Waals surface area contributed by atoms with Crippen molar-refractivity contribution in [3.63, 3.8) is 0 Å². The number of nitrogens with one attached hydrogen (secondary N) is 2. The number of nitrogens with zero attached hydrogens (tertiary/aromatic N) is 2. The molecule has 0 radical (unpaired) electrons. The van der Waals surface area contributed by atoms with Gasteiger partial charge in [0.05, 0.1) is 24.2 Å². The Labute approximate surface area is 153 Å². The molecule has 1 amide bonds. The van der Waals surface area contributed by atoms with Gasteiger partial charge in [0.15, 0.2) is 5.82 Å². The Kier molecular flexibility index (Phi) is 7.08. The number of esters is 1. The second kappa shape index (κ2) is 9.50. The Balaban J connectivity index is 2.12. The first-order valence-corrected chi connectivity index (χ1v) is 8.61. The van der Waals surface area contributed by atoms with Gasteiger partial charge in [-0.2, -0.15) is 0 Å². The van der Waals surface area contributed by atoms with Crippen LogP contribution < -0.4 is 10.9 Å². The van der Waals surface area contributed by atoms with Crippen molar-refractivity contribution in [2.75, 3.05) is 12.0 Å². The first kappa shape index (κ1) is 19.4. The molecule has 1 aromatic carbocycles. The van der Waals surface area contributed by atoms with Crippen LogP contribution in [0.4, 0.5) is 5.82 Å². The lowest BCUT2D eigenvalue weighted by Gasteiger charge is -2.14. The van der Waals surface area contributed by atoms with Gasteiger partial charge in [-0.25, -0.2) is 9.97 Å². The molecule has 0 fully saturated rings. The molecule has 2 aromatic rings. The van der Waals surface area contributed by atoms with Gasteiger partial charge in [-0.3, -0.25) is 20.4 Å². The predicted octanol–water partition coefficient (Wildman–Crippen LogP) is 2.74. The van der Waals surface area contributed by atoms with E-state index in [0.717, 1.165) is 17.0 Å². The van der Waals surface area contributed by atoms with Crippen LogP contribution in [0.15, 0.2) is 36.5 Å². The molecule has 26 heavy (non-hydrogen) atoms. The molecule has 0 spiro atoms. The lowest BCUT2D eigenvalue weighted by Crippen LogP contribution is -2.32. The second-order valence-electron chi connectivity index (χ2n) is 6.17. The van der Waals surface area contributed by atoms with E-state index < -0.39 is 11.9 Å². The standard InChI is InChI=1S/C19H24N4O3/c1-4-26-18(25)11-17(24)22-23-19-15(10-13(2)3)21-16(12-20-19)14-8-6-5-7-9-14/h5-9,12-13H,4,10-11H2,1-3H3,(H,20,23)(H,22,24). The molecule has 7 heteroatoms. The third-order valence-electron chi connectivity index (χ3n) is 3.45. The second-order valence-corrected chi connectivity index (χ2v) is 6.17. The van der Waals surface area contributed by atoms with E-state index in [2.05, 4.69) is 34.7 Å². The quantitative estimate of drug-likeness (QED) is 0.429. The monoisotopic (exact) mass is 356 g/mol. The molecule has 0 bridgehead atoms. The van der Waals surface area contributed by atoms with Crippen molar-refractivity contribution in [2.45, 2.75) is 33.6 Å². The molecule has 0 aliphatic rings. The molecule has 1 aromatic heterocycles. The molecule has 7 nitrogen and oxygen atoms in total. The highest BCUT2D eigenvalue weighted by atomic mass is 16.5. The summed E-state index contributed by atoms with van der Waals surface area (Å²) in [5, 5.41) is 0. The van der Waals surface area contributed by atoms with Gasteiger partial charge >= 0.3 is 5.97 Å². The summed E-state index contributed by atoms with van der Waals surface area (Å²) in [6.07, 6.45) is 2.00. The van der Waals surface area contributed by atoms with E-state index in [1.54, 1.807) is 13.1 Å². The van der Waals surface area contributed by atoms with Gasteiger partial charge in [0.1, 0.15) is 6.42 Å². The highest BCUT2D eigenvalue weighted by molar-refractivity contribution is 5.94. The minimum absolute atomic E-state index is 0.241. The van der Waals surface area contributed by atoms with Crippen molar-refractivity contribution < 1.29 is 14.3 Å². The van der Waals surface area contributed by atoms with Crippen molar-refractivity contribution in [3.05, 3.63) is 42.2 Å². The summed E-state index contributed by atoms with van der Waals surface area (Å²) < 4.78 is 4.75. The fourth-order valence-corrected chi connectivity index (χ4v) is 2.33. The highest BCUT2D eigenvalue weighted by Crippen LogP contribution is 2.21. The summed E-state index contributed by atoms with van der Waals surface area (Å²) >= 11 is 0. The van der Waals surface area contributed by atoms with Gasteiger partial charge in [0.2, 0.25) is 5.91 Å². The number of hydrazine groups is 1. The van der Waals surface area contributed by atoms with E-state index in [1.807, 2.05) is 30.3 Å². The Bertz CT molecular complexity index is 748. The molecule has 0 saturated heterocycles. The Hall–Kier alpha value is -2.96. The number of carbonyl (C=O) groups is 2. The molecule has 138 valence electrons. The Morgan fingerprint density at radius 1 is 1.19 bits per heavy atom. The lowest BCUT2D eigenvalue weighted by molar-refractivity contribution is -0.145. The predicted molar refractivity (Wildman–Crippen MR) is 99.0 cm³/mol. The number of amides is 1. The van der Waals surface area contributed by atoms with Crippen LogP contribution in [0.5, 0.6) is 0 Å². The molecule has 0 aliphatic heterocycles. The molecule has 0 aliphatic carbocycles. The average Bonchev–Trinajstić information content (AvgIpc) is 2.61. The summed E-state index contributed by atoms with van der Waals surface area (Å²) in [7, 11) is 0. The number of hydrogen-bond donors (Lipinski definition) is 2. The van der Waals surface area contributed by atoms with Gasteiger partial charge in [0.25, 0.3) is 0 Å². The van der Waals surface area contributed by atoms with Gasteiger partial charge in [-0.1, -0.05) is 44.2 Å². The maximum absolute atomic E-state index is 11.8. The third-order valence-corrected chi connectivity index (χ3v) is 3.45. The van der Waals surface area contributed by atoms with Crippen molar-refractivity contribution in [3.8, 4) is 11.3 Å². The maximum atomic E-state index is 11.8. The summed E-state index contributed by atoms with van der Waals surface area (Å²) in [4.78, 5) is 32.2. The zero-order valence-corrected chi connectivity index (χ0v) is 15.3. The molecule has 0 saturated carbocycles. The highest BCUT2D eigenvalue weighted by Gasteiger charge is 2.13. The van der Waals surface area contributed by atoms with E-state index in [-0.39, 0.29) is 13.0 Å². The van der Waals surface area contributed by atoms with Crippen LogP contribution in [0, 0.1) is 5.92 Å². The van der Waals surface area contributed by atoms with Gasteiger partial charge in [-0.05, 0) is 19.3 Å². The minimum atomic E-state index is -0.570. The van der Waals surface area contributed by atoms with Crippen LogP contribution in [0.1, 0.15) is 32.9 Å². The van der Waals surface area contributed by atoms with Gasteiger partial charge in [-0.15, -0.1) is 0 Å². The number of carbonyl (C=O) groups excluding carboxylic acids is 2. The zero-order valence-electron chi connectivity index (χ0n) is 15.3. The fraction of sp³-hybridized carbons (Fsp3) is 0.368. The van der Waals surface area contributed by atoms with Gasteiger partial charge < -0.3 is 4.74 Å². The van der Waals surface area contributed by atoms with E-state index in [4.69, 9.17) is 4.74 Å². The normalized spacial score (nSPS) is 10.5. The van der Waals surface area contributed by atoms with Crippen LogP contribution in [0.3, 0.4) is 0 Å². The number of anilines is 1. The van der Waals surface area contributed by atoms with Crippen LogP contribution in [-0.4, -0.2) is 28.5 Å². The van der Waals surface area contributed by atoms with Crippen molar-refractivity contribution in [2.24, 2.45) is 5.92 Å². The number of ether oxygens (including phenoxy) is 1. The first-order chi connectivity index (χ1) is 12.5. The minimum Gasteiger partial charge on any atom is -0.466 e. The molecular formula is C19H24N4O3. The van der Waals surface area contributed by atoms with Crippen molar-refractivity contribution in [1.29, 1.82) is 0 Å². The number of benzene rings is 1. The fourth-order valence-electron chi connectivity index (χ4n) is 2.33. The number of rotatable bonds is 8. The summed E-state index contributed by atoms with van der Waals surface area (Å²) in [6, 6.07) is 9.78. The lowest BCUT2D eigenvalue weighted by atomic mass is 10.1. The first-order valence-electron chi connectivity index (χ1n) is 8.61. The average molecular weight is 356 g/mol. The van der Waals surface area contributed by atoms with Crippen molar-refractivity contribution >= 4 is 17.7 Å². The number of aromatic nitrogens is 2. The van der Waals surface area contributed by atoms with Crippen molar-refractivity contribution in [1.82, 2.24) is 15.4 Å². The molecule has 1 heterocycles. The zero-order chi connectivity index (χ0) is 18.9. The van der Waals surface area contributed by atoms with Crippen LogP contribution in [0.2, 0.25) is 0 Å². The van der Waals surface area contributed by atoms with E-state index in [9.17, 15) is 9.59 Å². The van der Waals surface area contributed by atoms with Gasteiger partial charge in [0, 0.05) is 5.56 Å². The molecule has 0 atom stereocenters. The third kappa shape index (κ3) is 5.84. The van der Waals surface area contributed by atoms with Crippen LogP contribution in [-0.2, 0) is 20.7 Å². The Morgan fingerprint density at radius 2 is 1.92 bits per heavy atom. The van der Waals surface area contributed by atoms with E-state index in [1.165, 1.54) is 0 Å². The Morgan fingerprint density at radius 3 is 2.58 bits per heavy atom. The smallest absolute Gasteiger partial charge is 0.315 e. The summed E-state index contributed by atoms with van der Waals surface area (Å²) in [6.45, 7) is 6.10. The molecule has 2 rings (SSSR count). The summed E-state index contributed by atoms with van der Waals surface area (Å²) in [5.74, 6) is -0.228. The maximum Gasteiger partial charge on any atom is 0.315 e. The molecule has 0 unspecified atom stereocenters. The van der Waals surface area contributed by atoms with E-state index in [0.29, 0.717) is 18.2 Å². The largest absolute Gasteiger partial charge is 0.466 e. The topological polar surface area (TPSA) is 93.2 Å². The molecule has 2 N–H and O–H groups in total.